The number of carbonyl (C=O) groups excluding carboxylic acids is 1. The number of halogens is 4. The zero-order valence-corrected chi connectivity index (χ0v) is 40.0. The molecule has 3 fully saturated rings. The fraction of sp³-hybridized carbons (Fsp3) is 0.549. The van der Waals surface area contributed by atoms with Gasteiger partial charge in [0.15, 0.2) is 0 Å². The summed E-state index contributed by atoms with van der Waals surface area (Å²) in [6.45, 7) is 11.6. The van der Waals surface area contributed by atoms with Gasteiger partial charge in [-0.3, -0.25) is 4.90 Å². The molecule has 0 bridgehead atoms. The number of methoxy groups -OCH3 is 2. The molecule has 5 heterocycles. The molecule has 4 aromatic rings. The smallest absolute Gasteiger partial charge is 0.418 e. The highest BCUT2D eigenvalue weighted by Gasteiger charge is 2.50. The average Bonchev–Trinajstić information content (AvgIpc) is 3.82. The molecule has 1 amide bonds. The minimum absolute atomic E-state index is 0.0448. The van der Waals surface area contributed by atoms with Crippen LogP contribution >= 0.6 is 0 Å². The molecule has 0 saturated carbocycles. The molecular formula is C51H62F4N8O5. The maximum Gasteiger partial charge on any atom is 0.418 e. The van der Waals surface area contributed by atoms with Crippen LogP contribution in [0.25, 0.3) is 0 Å². The minimum atomic E-state index is -4.71. The lowest BCUT2D eigenvalue weighted by molar-refractivity contribution is -0.139. The van der Waals surface area contributed by atoms with Crippen LogP contribution in [0.4, 0.5) is 34.0 Å². The van der Waals surface area contributed by atoms with Gasteiger partial charge in [0.05, 0.1) is 55.2 Å². The number of aryl methyl sites for hydroxylation is 1. The summed E-state index contributed by atoms with van der Waals surface area (Å²) in [5.41, 5.74) is 1.16. The average molecular weight is 943 g/mol. The SMILES string of the molecule is COc1ccc(CN(Cc2ccc(OC)cc2)c2cc(C)c(C(F)(F)F)c(C3Cc4nc(OC[C@@]56CCCN5C[C@H](F)C6)nc(N5CCN(C(=O)OC(C)(C)C)[C@@H](CC#N)C5)c4CC3C)n2)cc1. The standard InChI is InChI=1S/C51H62F4N8O5/c1-32-23-41-42(57-47(67-31-50-18-8-20-62(50)29-36(52)26-50)59-46(41)60-21-22-63(37(30-60)17-19-56)48(64)68-49(3,4)5)25-40(32)45-44(51(53,54)55)33(2)24-43(58-45)61(27-34-9-13-38(65-6)14-10-34)28-35-11-15-39(66-7)16-12-35/h9-16,24,32,36-37,40H,8,17-18,20-23,25-31H2,1-7H3/t32?,36-,37+,40?,50+/m1/s1. The molecule has 3 aliphatic heterocycles. The van der Waals surface area contributed by atoms with Crippen LogP contribution in [0.1, 0.15) is 98.5 Å². The molecule has 0 spiro atoms. The first-order valence-electron chi connectivity index (χ1n) is 23.5. The van der Waals surface area contributed by atoms with Gasteiger partial charge in [-0.25, -0.2) is 14.2 Å². The van der Waals surface area contributed by atoms with Crippen LogP contribution in [0.2, 0.25) is 0 Å². The van der Waals surface area contributed by atoms with Crippen molar-refractivity contribution in [3.8, 4) is 23.6 Å². The first-order chi connectivity index (χ1) is 32.4. The second kappa shape index (κ2) is 19.6. The maximum atomic E-state index is 15.5. The number of alkyl halides is 4. The summed E-state index contributed by atoms with van der Waals surface area (Å²) >= 11 is 0. The van der Waals surface area contributed by atoms with E-state index in [0.29, 0.717) is 67.8 Å². The zero-order chi connectivity index (χ0) is 48.5. The highest BCUT2D eigenvalue weighted by molar-refractivity contribution is 5.69. The molecule has 17 heteroatoms. The highest BCUT2D eigenvalue weighted by Crippen LogP contribution is 2.46. The van der Waals surface area contributed by atoms with Crippen LogP contribution in [0.5, 0.6) is 17.5 Å². The summed E-state index contributed by atoms with van der Waals surface area (Å²) in [7, 11) is 3.18. The van der Waals surface area contributed by atoms with E-state index >= 15 is 13.2 Å². The Balaban J connectivity index is 1.18. The molecule has 0 N–H and O–H groups in total. The van der Waals surface area contributed by atoms with Gasteiger partial charge in [-0.2, -0.15) is 28.4 Å². The first kappa shape index (κ1) is 48.6. The molecule has 68 heavy (non-hydrogen) atoms. The summed E-state index contributed by atoms with van der Waals surface area (Å²) in [6, 6.07) is 18.4. The fourth-order valence-electron chi connectivity index (χ4n) is 10.6. The van der Waals surface area contributed by atoms with Gasteiger partial charge >= 0.3 is 18.3 Å². The number of carbonyl (C=O) groups is 1. The largest absolute Gasteiger partial charge is 0.497 e. The number of ether oxygens (including phenoxy) is 4. The van der Waals surface area contributed by atoms with E-state index in [0.717, 1.165) is 36.1 Å². The molecule has 364 valence electrons. The van der Waals surface area contributed by atoms with E-state index in [1.54, 1.807) is 39.9 Å². The second-order valence-electron chi connectivity index (χ2n) is 19.9. The third kappa shape index (κ3) is 10.5. The number of rotatable bonds is 13. The first-order valence-corrected chi connectivity index (χ1v) is 23.5. The number of hydrogen-bond donors (Lipinski definition) is 0. The van der Waals surface area contributed by atoms with Crippen molar-refractivity contribution in [2.75, 3.05) is 63.4 Å². The number of nitriles is 1. The molecule has 8 rings (SSSR count). The van der Waals surface area contributed by atoms with E-state index in [1.165, 1.54) is 13.0 Å². The number of amides is 1. The predicted octanol–water partition coefficient (Wildman–Crippen LogP) is 9.24. The lowest BCUT2D eigenvalue weighted by Gasteiger charge is -2.42. The summed E-state index contributed by atoms with van der Waals surface area (Å²) in [6.07, 6.45) is -3.69. The molecule has 4 aliphatic rings. The number of anilines is 2. The summed E-state index contributed by atoms with van der Waals surface area (Å²) in [5, 5.41) is 9.90. The van der Waals surface area contributed by atoms with Crippen molar-refractivity contribution in [2.24, 2.45) is 5.92 Å². The third-order valence-electron chi connectivity index (χ3n) is 13.9. The van der Waals surface area contributed by atoms with Gasteiger partial charge in [0.1, 0.15) is 41.5 Å². The summed E-state index contributed by atoms with van der Waals surface area (Å²) < 4.78 is 84.3. The van der Waals surface area contributed by atoms with E-state index in [4.69, 9.17) is 33.9 Å². The van der Waals surface area contributed by atoms with Crippen molar-refractivity contribution in [1.29, 1.82) is 5.26 Å². The quantitative estimate of drug-likeness (QED) is 0.119. The van der Waals surface area contributed by atoms with Crippen molar-refractivity contribution in [1.82, 2.24) is 24.8 Å². The van der Waals surface area contributed by atoms with Crippen LogP contribution in [-0.4, -0.2) is 108 Å². The van der Waals surface area contributed by atoms with Gasteiger partial charge in [-0.05, 0) is 113 Å². The van der Waals surface area contributed by atoms with Crippen LogP contribution < -0.4 is 24.0 Å². The van der Waals surface area contributed by atoms with Gasteiger partial charge in [-0.1, -0.05) is 31.2 Å². The van der Waals surface area contributed by atoms with Crippen LogP contribution in [0, 0.1) is 24.2 Å². The van der Waals surface area contributed by atoms with E-state index < -0.39 is 47.1 Å². The second-order valence-corrected chi connectivity index (χ2v) is 19.9. The van der Waals surface area contributed by atoms with Gasteiger partial charge in [-0.15, -0.1) is 0 Å². The maximum absolute atomic E-state index is 15.5. The fourth-order valence-corrected chi connectivity index (χ4v) is 10.6. The van der Waals surface area contributed by atoms with Crippen molar-refractivity contribution < 1.29 is 41.3 Å². The molecule has 3 saturated heterocycles. The Morgan fingerprint density at radius 1 is 0.926 bits per heavy atom. The van der Waals surface area contributed by atoms with E-state index in [1.807, 2.05) is 65.3 Å². The lowest BCUT2D eigenvalue weighted by atomic mass is 9.75. The lowest BCUT2D eigenvalue weighted by Crippen LogP contribution is -2.56. The topological polar surface area (TPSA) is 129 Å². The summed E-state index contributed by atoms with van der Waals surface area (Å²) in [4.78, 5) is 36.1. The number of nitrogens with zero attached hydrogens (tertiary/aromatic N) is 8. The number of aromatic nitrogens is 3. The van der Waals surface area contributed by atoms with Crippen LogP contribution in [0.15, 0.2) is 54.6 Å². The van der Waals surface area contributed by atoms with Crippen molar-refractivity contribution in [3.63, 3.8) is 0 Å². The Morgan fingerprint density at radius 3 is 2.19 bits per heavy atom. The van der Waals surface area contributed by atoms with Crippen molar-refractivity contribution >= 4 is 17.7 Å². The van der Waals surface area contributed by atoms with Gasteiger partial charge in [0.25, 0.3) is 0 Å². The Bertz CT molecular complexity index is 2430. The number of hydrogen-bond acceptors (Lipinski definition) is 12. The van der Waals surface area contributed by atoms with Crippen LogP contribution in [-0.2, 0) is 36.8 Å². The van der Waals surface area contributed by atoms with Crippen molar-refractivity contribution in [2.45, 2.75) is 122 Å². The Hall–Kier alpha value is -5.89. The van der Waals surface area contributed by atoms with Crippen LogP contribution in [0.3, 0.4) is 0 Å². The Labute approximate surface area is 396 Å². The van der Waals surface area contributed by atoms with Crippen molar-refractivity contribution in [3.05, 3.63) is 93.8 Å². The molecule has 1 aliphatic carbocycles. The van der Waals surface area contributed by atoms with E-state index in [-0.39, 0.29) is 55.7 Å². The van der Waals surface area contributed by atoms with E-state index in [9.17, 15) is 14.4 Å². The van der Waals surface area contributed by atoms with E-state index in [2.05, 4.69) is 11.0 Å². The number of benzene rings is 2. The molecule has 2 unspecified atom stereocenters. The zero-order valence-electron chi connectivity index (χ0n) is 40.0. The van der Waals surface area contributed by atoms with Gasteiger partial charge < -0.3 is 33.6 Å². The predicted molar refractivity (Wildman–Crippen MR) is 249 cm³/mol. The number of fused-ring (bicyclic) bond motifs is 2. The number of piperazine rings is 1. The number of pyridine rings is 1. The minimum Gasteiger partial charge on any atom is -0.497 e. The molecule has 2 aromatic heterocycles. The summed E-state index contributed by atoms with van der Waals surface area (Å²) in [5.74, 6) is 1.27. The normalized spacial score (nSPS) is 22.9. The molecule has 5 atom stereocenters. The van der Waals surface area contributed by atoms with Gasteiger partial charge in [0, 0.05) is 57.2 Å². The Morgan fingerprint density at radius 2 is 1.59 bits per heavy atom. The van der Waals surface area contributed by atoms with Gasteiger partial charge in [0.2, 0.25) is 0 Å². The Kier molecular flexibility index (Phi) is 14.0. The molecular weight excluding hydrogens is 881 g/mol. The molecule has 2 aromatic carbocycles. The third-order valence-corrected chi connectivity index (χ3v) is 13.9. The monoisotopic (exact) mass is 942 g/mol. The molecule has 13 nitrogen and oxygen atoms in total. The molecule has 0 radical (unpaired) electrons. The highest BCUT2D eigenvalue weighted by atomic mass is 19.4.